The number of hydroxylamine groups is 1. The van der Waals surface area contributed by atoms with Gasteiger partial charge in [-0.2, -0.15) is 5.48 Å². The van der Waals surface area contributed by atoms with Crippen molar-refractivity contribution in [1.82, 2.24) is 5.48 Å². The van der Waals surface area contributed by atoms with Crippen LogP contribution in [-0.4, -0.2) is 12.7 Å². The fourth-order valence-electron chi connectivity index (χ4n) is 3.45. The quantitative estimate of drug-likeness (QED) is 0.187. The molecule has 0 unspecified atom stereocenters. The molecule has 0 saturated carbocycles. The lowest BCUT2D eigenvalue weighted by molar-refractivity contribution is 0.0431. The molecule has 0 aliphatic carbocycles. The smallest absolute Gasteiger partial charge is 0.409 e. The highest BCUT2D eigenvalue weighted by Crippen LogP contribution is 2.13. The summed E-state index contributed by atoms with van der Waals surface area (Å²) in [5, 5.41) is 0. The molecular weight excluding hydrogens is 362 g/mol. The number of rotatable bonds is 19. The van der Waals surface area contributed by atoms with E-state index in [1.54, 1.807) is 12.1 Å². The summed E-state index contributed by atoms with van der Waals surface area (Å²) in [6, 6.07) is 8.98. The van der Waals surface area contributed by atoms with Crippen molar-refractivity contribution in [3.63, 3.8) is 0 Å². The third kappa shape index (κ3) is 17.1. The molecule has 1 N–H and O–H groups in total. The van der Waals surface area contributed by atoms with Crippen molar-refractivity contribution in [2.45, 2.75) is 110 Å². The lowest BCUT2D eigenvalue weighted by Crippen LogP contribution is -2.27. The van der Waals surface area contributed by atoms with E-state index >= 15 is 0 Å². The summed E-state index contributed by atoms with van der Waals surface area (Å²) in [7, 11) is 0. The number of ether oxygens (including phenoxy) is 1. The van der Waals surface area contributed by atoms with Crippen LogP contribution in [0.2, 0.25) is 0 Å². The first-order valence-corrected chi connectivity index (χ1v) is 12.0. The summed E-state index contributed by atoms with van der Waals surface area (Å²) in [6.07, 6.45) is 21.0. The molecular formula is C25H43NO3. The normalized spacial score (nSPS) is 10.8. The molecule has 0 fully saturated rings. The largest absolute Gasteiger partial charge is 0.436 e. The van der Waals surface area contributed by atoms with Crippen LogP contribution >= 0.6 is 0 Å². The van der Waals surface area contributed by atoms with Crippen molar-refractivity contribution in [2.75, 3.05) is 6.61 Å². The molecule has 0 aliphatic rings. The summed E-state index contributed by atoms with van der Waals surface area (Å²) < 4.78 is 5.07. The molecule has 1 rings (SSSR count). The van der Waals surface area contributed by atoms with E-state index < -0.39 is 6.09 Å². The highest BCUT2D eigenvalue weighted by atomic mass is 16.7. The Morgan fingerprint density at radius 1 is 0.690 bits per heavy atom. The highest BCUT2D eigenvalue weighted by molar-refractivity contribution is 5.68. The molecule has 1 aromatic carbocycles. The second kappa shape index (κ2) is 19.8. The van der Waals surface area contributed by atoms with Crippen LogP contribution in [0.1, 0.15) is 110 Å². The van der Waals surface area contributed by atoms with Gasteiger partial charge in [0.25, 0.3) is 0 Å². The van der Waals surface area contributed by atoms with Crippen LogP contribution in [0.3, 0.4) is 0 Å². The Morgan fingerprint density at radius 3 is 1.62 bits per heavy atom. The Labute approximate surface area is 178 Å². The van der Waals surface area contributed by atoms with Crippen LogP contribution < -0.4 is 10.2 Å². The third-order valence-electron chi connectivity index (χ3n) is 5.21. The Bertz CT molecular complexity index is 478. The van der Waals surface area contributed by atoms with E-state index in [0.717, 1.165) is 12.8 Å². The van der Waals surface area contributed by atoms with Gasteiger partial charge in [0.1, 0.15) is 5.75 Å². The number of para-hydroxylation sites is 1. The number of carbonyl (C=O) groups excluding carboxylic acids is 1. The third-order valence-corrected chi connectivity index (χ3v) is 5.21. The van der Waals surface area contributed by atoms with Crippen LogP contribution in [0.5, 0.6) is 5.75 Å². The predicted molar refractivity (Wildman–Crippen MR) is 121 cm³/mol. The van der Waals surface area contributed by atoms with Gasteiger partial charge in [-0.15, -0.1) is 0 Å². The number of unbranched alkanes of at least 4 members (excludes halogenated alkanes) is 15. The molecule has 0 atom stereocenters. The van der Waals surface area contributed by atoms with Crippen molar-refractivity contribution in [1.29, 1.82) is 0 Å². The molecule has 1 amide bonds. The number of nitrogens with one attached hydrogen (secondary N) is 1. The number of hydrogen-bond acceptors (Lipinski definition) is 3. The summed E-state index contributed by atoms with van der Waals surface area (Å²) >= 11 is 0. The number of benzene rings is 1. The zero-order chi connectivity index (χ0) is 20.8. The van der Waals surface area contributed by atoms with Gasteiger partial charge >= 0.3 is 6.09 Å². The first-order chi connectivity index (χ1) is 14.3. The van der Waals surface area contributed by atoms with Crippen molar-refractivity contribution >= 4 is 6.09 Å². The summed E-state index contributed by atoms with van der Waals surface area (Å²) in [4.78, 5) is 16.7. The zero-order valence-electron chi connectivity index (χ0n) is 18.6. The molecule has 0 bridgehead atoms. The Hall–Kier alpha value is -1.55. The van der Waals surface area contributed by atoms with Crippen LogP contribution in [0.4, 0.5) is 4.79 Å². The zero-order valence-corrected chi connectivity index (χ0v) is 18.6. The topological polar surface area (TPSA) is 47.6 Å². The van der Waals surface area contributed by atoms with E-state index in [9.17, 15) is 4.79 Å². The van der Waals surface area contributed by atoms with Crippen molar-refractivity contribution < 1.29 is 14.4 Å². The standard InChI is InChI=1S/C25H43NO3/c1-2-3-4-5-6-7-8-9-10-11-12-13-14-15-16-20-23-28-26-25(27)29-24-21-18-17-19-22-24/h17-19,21-22H,2-16,20,23H2,1H3,(H,26,27). The summed E-state index contributed by atoms with van der Waals surface area (Å²) in [5.41, 5.74) is 2.32. The number of hydrogen-bond donors (Lipinski definition) is 1. The maximum atomic E-state index is 11.5. The maximum absolute atomic E-state index is 11.5. The highest BCUT2D eigenvalue weighted by Gasteiger charge is 2.03. The van der Waals surface area contributed by atoms with Crippen LogP contribution in [0, 0.1) is 0 Å². The van der Waals surface area contributed by atoms with Gasteiger partial charge in [-0.05, 0) is 18.6 Å². The molecule has 4 heteroatoms. The van der Waals surface area contributed by atoms with Gasteiger partial charge in [-0.3, -0.25) is 4.84 Å². The van der Waals surface area contributed by atoms with Crippen molar-refractivity contribution in [2.24, 2.45) is 0 Å². The van der Waals surface area contributed by atoms with E-state index in [1.165, 1.54) is 89.9 Å². The SMILES string of the molecule is CCCCCCCCCCCCCCCCCCONC(=O)Oc1ccccc1. The first-order valence-electron chi connectivity index (χ1n) is 12.0. The Balaban J connectivity index is 1.73. The molecule has 0 aromatic heterocycles. The van der Waals surface area contributed by atoms with Crippen molar-refractivity contribution in [3.05, 3.63) is 30.3 Å². The monoisotopic (exact) mass is 405 g/mol. The van der Waals surface area contributed by atoms with Gasteiger partial charge < -0.3 is 4.74 Å². The Morgan fingerprint density at radius 2 is 1.14 bits per heavy atom. The van der Waals surface area contributed by atoms with Crippen LogP contribution in [-0.2, 0) is 4.84 Å². The van der Waals surface area contributed by atoms with Crippen molar-refractivity contribution in [3.8, 4) is 5.75 Å². The fraction of sp³-hybridized carbons (Fsp3) is 0.720. The van der Waals surface area contributed by atoms with Gasteiger partial charge in [0.05, 0.1) is 6.61 Å². The molecule has 0 saturated heterocycles. The molecule has 1 aromatic rings. The van der Waals surface area contributed by atoms with E-state index in [0.29, 0.717) is 12.4 Å². The predicted octanol–water partition coefficient (Wildman–Crippen LogP) is 7.97. The molecule has 0 spiro atoms. The minimum absolute atomic E-state index is 0.510. The minimum atomic E-state index is -0.576. The summed E-state index contributed by atoms with van der Waals surface area (Å²) in [5.74, 6) is 0.510. The van der Waals surface area contributed by atoms with Gasteiger partial charge in [-0.25, -0.2) is 4.79 Å². The fourth-order valence-corrected chi connectivity index (χ4v) is 3.45. The second-order valence-corrected chi connectivity index (χ2v) is 7.96. The van der Waals surface area contributed by atoms with Gasteiger partial charge in [0, 0.05) is 0 Å². The van der Waals surface area contributed by atoms with E-state index in [-0.39, 0.29) is 0 Å². The maximum Gasteiger partial charge on any atom is 0.436 e. The van der Waals surface area contributed by atoms with Gasteiger partial charge in [-0.1, -0.05) is 121 Å². The van der Waals surface area contributed by atoms with Crippen LogP contribution in [0.25, 0.3) is 0 Å². The van der Waals surface area contributed by atoms with Gasteiger partial charge in [0.15, 0.2) is 0 Å². The average Bonchev–Trinajstić information content (AvgIpc) is 2.73. The van der Waals surface area contributed by atoms with Gasteiger partial charge in [0.2, 0.25) is 0 Å². The first kappa shape index (κ1) is 25.5. The molecule has 0 heterocycles. The van der Waals surface area contributed by atoms with E-state index in [1.807, 2.05) is 18.2 Å². The van der Waals surface area contributed by atoms with Crippen LogP contribution in [0.15, 0.2) is 30.3 Å². The van der Waals surface area contributed by atoms with E-state index in [2.05, 4.69) is 12.4 Å². The Kier molecular flexibility index (Phi) is 17.4. The lowest BCUT2D eigenvalue weighted by Gasteiger charge is -2.07. The number of amides is 1. The molecule has 0 aliphatic heterocycles. The average molecular weight is 406 g/mol. The molecule has 29 heavy (non-hydrogen) atoms. The second-order valence-electron chi connectivity index (χ2n) is 7.96. The molecule has 0 radical (unpaired) electrons. The molecule has 4 nitrogen and oxygen atoms in total. The minimum Gasteiger partial charge on any atom is -0.409 e. The summed E-state index contributed by atoms with van der Waals surface area (Å²) in [6.45, 7) is 2.81. The number of carbonyl (C=O) groups is 1. The van der Waals surface area contributed by atoms with E-state index in [4.69, 9.17) is 9.57 Å². The lowest BCUT2D eigenvalue weighted by atomic mass is 10.0. The molecule has 166 valence electrons.